The number of hydrogen-bond donors (Lipinski definition) is 2. The molecule has 84 valence electrons. The van der Waals surface area contributed by atoms with Crippen LogP contribution in [0, 0.1) is 0 Å². The molecule has 0 radical (unpaired) electrons. The number of hydrogen-bond acceptors (Lipinski definition) is 3. The van der Waals surface area contributed by atoms with Crippen LogP contribution in [0.25, 0.3) is 22.2 Å². The van der Waals surface area contributed by atoms with Crippen LogP contribution in [0.1, 0.15) is 0 Å². The molecule has 2 heterocycles. The summed E-state index contributed by atoms with van der Waals surface area (Å²) in [5, 5.41) is 1.48. The number of aromatic amines is 1. The Morgan fingerprint density at radius 1 is 1.12 bits per heavy atom. The molecule has 3 rings (SSSR count). The zero-order valence-corrected chi connectivity index (χ0v) is 9.57. The van der Waals surface area contributed by atoms with Crippen LogP contribution in [0.3, 0.4) is 0 Å². The van der Waals surface area contributed by atoms with Gasteiger partial charge in [0.2, 0.25) is 0 Å². The van der Waals surface area contributed by atoms with Crippen molar-refractivity contribution in [1.29, 1.82) is 0 Å². The minimum absolute atomic E-state index is 0.450. The fourth-order valence-electron chi connectivity index (χ4n) is 1.88. The van der Waals surface area contributed by atoms with Gasteiger partial charge < -0.3 is 10.7 Å². The Balaban J connectivity index is 2.36. The summed E-state index contributed by atoms with van der Waals surface area (Å²) in [4.78, 5) is 11.2. The summed E-state index contributed by atoms with van der Waals surface area (Å²) < 4.78 is 0. The number of benzene rings is 1. The zero-order valence-electron chi connectivity index (χ0n) is 8.81. The van der Waals surface area contributed by atoms with Crippen LogP contribution >= 0.6 is 11.6 Å². The highest BCUT2D eigenvalue weighted by Gasteiger charge is 2.12. The molecule has 4 nitrogen and oxygen atoms in total. The smallest absolute Gasteiger partial charge is 0.143 e. The molecule has 0 amide bonds. The number of nitrogens with zero attached hydrogens (tertiary/aromatic N) is 2. The van der Waals surface area contributed by atoms with Gasteiger partial charge in [0.25, 0.3) is 0 Å². The van der Waals surface area contributed by atoms with Crippen LogP contribution in [0.15, 0.2) is 36.8 Å². The Kier molecular flexibility index (Phi) is 2.23. The highest BCUT2D eigenvalue weighted by atomic mass is 35.5. The summed E-state index contributed by atoms with van der Waals surface area (Å²) in [7, 11) is 0. The Morgan fingerprint density at radius 2 is 1.94 bits per heavy atom. The molecule has 2 aromatic heterocycles. The van der Waals surface area contributed by atoms with Crippen molar-refractivity contribution in [3.8, 4) is 11.1 Å². The molecule has 0 aliphatic carbocycles. The maximum Gasteiger partial charge on any atom is 0.143 e. The van der Waals surface area contributed by atoms with Crippen molar-refractivity contribution in [2.24, 2.45) is 0 Å². The van der Waals surface area contributed by atoms with E-state index in [1.54, 1.807) is 0 Å². The molecule has 0 fully saturated rings. The van der Waals surface area contributed by atoms with Gasteiger partial charge in [-0.3, -0.25) is 0 Å². The van der Waals surface area contributed by atoms with Crippen molar-refractivity contribution in [3.05, 3.63) is 41.8 Å². The molecule has 0 aliphatic rings. The maximum atomic E-state index is 6.17. The number of halogens is 1. The largest absolute Gasteiger partial charge is 0.383 e. The topological polar surface area (TPSA) is 67.6 Å². The van der Waals surface area contributed by atoms with Crippen molar-refractivity contribution in [3.63, 3.8) is 0 Å². The van der Waals surface area contributed by atoms with Gasteiger partial charge in [0.15, 0.2) is 0 Å². The van der Waals surface area contributed by atoms with Crippen LogP contribution in [-0.2, 0) is 0 Å². The van der Waals surface area contributed by atoms with E-state index in [4.69, 9.17) is 17.3 Å². The maximum absolute atomic E-state index is 6.17. The Labute approximate surface area is 102 Å². The summed E-state index contributed by atoms with van der Waals surface area (Å²) in [5.74, 6) is 0.450. The first kappa shape index (κ1) is 10.1. The van der Waals surface area contributed by atoms with Crippen LogP contribution in [0.4, 0.5) is 5.82 Å². The van der Waals surface area contributed by atoms with E-state index in [-0.39, 0.29) is 0 Å². The minimum Gasteiger partial charge on any atom is -0.383 e. The third-order valence-corrected chi connectivity index (χ3v) is 2.99. The molecular weight excluding hydrogens is 236 g/mol. The highest BCUT2D eigenvalue weighted by Crippen LogP contribution is 2.34. The molecule has 0 saturated heterocycles. The average Bonchev–Trinajstić information content (AvgIpc) is 2.75. The van der Waals surface area contributed by atoms with Gasteiger partial charge in [-0.15, -0.1) is 0 Å². The predicted octanol–water partition coefficient (Wildman–Crippen LogP) is 2.86. The summed E-state index contributed by atoms with van der Waals surface area (Å²) in [6.45, 7) is 0. The number of anilines is 1. The molecule has 1 aromatic carbocycles. The van der Waals surface area contributed by atoms with Crippen LogP contribution in [-0.4, -0.2) is 15.0 Å². The van der Waals surface area contributed by atoms with Gasteiger partial charge >= 0.3 is 0 Å². The van der Waals surface area contributed by atoms with Crippen molar-refractivity contribution < 1.29 is 0 Å². The second kappa shape index (κ2) is 3.75. The van der Waals surface area contributed by atoms with Gasteiger partial charge in [0.05, 0.1) is 5.39 Å². The molecular formula is C12H9ClN4. The first-order valence-corrected chi connectivity index (χ1v) is 5.47. The number of aromatic nitrogens is 3. The van der Waals surface area contributed by atoms with E-state index >= 15 is 0 Å². The number of nitrogens with one attached hydrogen (secondary N) is 1. The van der Waals surface area contributed by atoms with Gasteiger partial charge in [-0.1, -0.05) is 29.8 Å². The van der Waals surface area contributed by atoms with Crippen LogP contribution < -0.4 is 5.73 Å². The van der Waals surface area contributed by atoms with Gasteiger partial charge in [-0.05, 0) is 6.07 Å². The minimum atomic E-state index is 0.450. The van der Waals surface area contributed by atoms with Crippen molar-refractivity contribution in [1.82, 2.24) is 15.0 Å². The summed E-state index contributed by atoms with van der Waals surface area (Å²) in [5.41, 5.74) is 8.43. The lowest BCUT2D eigenvalue weighted by Gasteiger charge is -2.03. The molecule has 0 saturated carbocycles. The third kappa shape index (κ3) is 1.54. The number of rotatable bonds is 1. The second-order valence-electron chi connectivity index (χ2n) is 3.66. The summed E-state index contributed by atoms with van der Waals surface area (Å²) in [6.07, 6.45) is 3.28. The summed E-state index contributed by atoms with van der Waals surface area (Å²) >= 11 is 6.17. The number of nitrogen functional groups attached to an aromatic ring is 1. The molecule has 3 aromatic rings. The van der Waals surface area contributed by atoms with Crippen LogP contribution in [0.2, 0.25) is 5.02 Å². The first-order valence-electron chi connectivity index (χ1n) is 5.10. The van der Waals surface area contributed by atoms with Gasteiger partial charge in [-0.25, -0.2) is 9.97 Å². The lowest BCUT2D eigenvalue weighted by molar-refractivity contribution is 1.21. The quantitative estimate of drug-likeness (QED) is 0.692. The van der Waals surface area contributed by atoms with Crippen LogP contribution in [0.5, 0.6) is 0 Å². The Hall–Kier alpha value is -2.07. The molecule has 0 aliphatic heterocycles. The summed E-state index contributed by atoms with van der Waals surface area (Å²) in [6, 6.07) is 7.60. The fraction of sp³-hybridized carbons (Fsp3) is 0. The Morgan fingerprint density at radius 3 is 2.76 bits per heavy atom. The van der Waals surface area contributed by atoms with Crippen molar-refractivity contribution in [2.45, 2.75) is 0 Å². The SMILES string of the molecule is Nc1ncnc2[nH]cc(-c3ccccc3Cl)c12. The molecule has 0 unspecified atom stereocenters. The van der Waals surface area contributed by atoms with Gasteiger partial charge in [0.1, 0.15) is 17.8 Å². The van der Waals surface area contributed by atoms with E-state index in [1.165, 1.54) is 6.33 Å². The Bertz CT molecular complexity index is 690. The van der Waals surface area contributed by atoms with E-state index in [9.17, 15) is 0 Å². The number of H-pyrrole nitrogens is 1. The van der Waals surface area contributed by atoms with Gasteiger partial charge in [-0.2, -0.15) is 0 Å². The highest BCUT2D eigenvalue weighted by molar-refractivity contribution is 6.33. The molecule has 0 atom stereocenters. The van der Waals surface area contributed by atoms with E-state index in [0.29, 0.717) is 16.5 Å². The lowest BCUT2D eigenvalue weighted by Crippen LogP contribution is -1.92. The lowest BCUT2D eigenvalue weighted by atomic mass is 10.1. The predicted molar refractivity (Wildman–Crippen MR) is 68.7 cm³/mol. The number of nitrogens with two attached hydrogens (primary N) is 1. The van der Waals surface area contributed by atoms with Crippen molar-refractivity contribution in [2.75, 3.05) is 5.73 Å². The number of fused-ring (bicyclic) bond motifs is 1. The third-order valence-electron chi connectivity index (χ3n) is 2.66. The van der Waals surface area contributed by atoms with Gasteiger partial charge in [0, 0.05) is 22.3 Å². The molecule has 3 N–H and O–H groups in total. The molecule has 0 bridgehead atoms. The first-order chi connectivity index (χ1) is 8.27. The molecule has 17 heavy (non-hydrogen) atoms. The average molecular weight is 245 g/mol. The molecule has 5 heteroatoms. The fourth-order valence-corrected chi connectivity index (χ4v) is 2.12. The second-order valence-corrected chi connectivity index (χ2v) is 4.07. The van der Waals surface area contributed by atoms with E-state index in [2.05, 4.69) is 15.0 Å². The zero-order chi connectivity index (χ0) is 11.8. The van der Waals surface area contributed by atoms with E-state index in [1.807, 2.05) is 30.5 Å². The molecule has 0 spiro atoms. The monoisotopic (exact) mass is 244 g/mol. The van der Waals surface area contributed by atoms with E-state index in [0.717, 1.165) is 16.5 Å². The normalized spacial score (nSPS) is 10.9. The van der Waals surface area contributed by atoms with Crippen molar-refractivity contribution >= 4 is 28.5 Å². The van der Waals surface area contributed by atoms with E-state index < -0.39 is 0 Å². The standard InChI is InChI=1S/C12H9ClN4/c13-9-4-2-1-3-7(9)8-5-15-12-10(8)11(14)16-6-17-12/h1-6H,(H3,14,15,16,17).